The first-order valence-electron chi connectivity index (χ1n) is 8.06. The predicted octanol–water partition coefficient (Wildman–Crippen LogP) is 4.17. The van der Waals surface area contributed by atoms with E-state index in [-0.39, 0.29) is 5.91 Å². The number of aromatic nitrogens is 1. The number of pyridine rings is 1. The number of hydrogen-bond donors (Lipinski definition) is 1. The highest BCUT2D eigenvalue weighted by molar-refractivity contribution is 6.07. The third-order valence-electron chi connectivity index (χ3n) is 4.42. The van der Waals surface area contributed by atoms with Gasteiger partial charge in [-0.25, -0.2) is 4.98 Å². The van der Waals surface area contributed by atoms with Crippen molar-refractivity contribution in [2.45, 2.75) is 31.7 Å². The quantitative estimate of drug-likeness (QED) is 0.790. The van der Waals surface area contributed by atoms with Gasteiger partial charge in [-0.15, -0.1) is 0 Å². The van der Waals surface area contributed by atoms with Crippen LogP contribution in [0.15, 0.2) is 53.1 Å². The predicted molar refractivity (Wildman–Crippen MR) is 89.2 cm³/mol. The molecule has 0 atom stereocenters. The minimum absolute atomic E-state index is 0.0247. The lowest BCUT2D eigenvalue weighted by Gasteiger charge is -2.14. The summed E-state index contributed by atoms with van der Waals surface area (Å²) in [5.74, 6) is 0.647. The number of nitrogens with one attached hydrogen (secondary N) is 1. The van der Waals surface area contributed by atoms with Crippen molar-refractivity contribution in [3.05, 3.63) is 54.3 Å². The summed E-state index contributed by atoms with van der Waals surface area (Å²) in [7, 11) is 0. The van der Waals surface area contributed by atoms with Crippen LogP contribution in [0.5, 0.6) is 0 Å². The molecule has 0 aliphatic heterocycles. The van der Waals surface area contributed by atoms with E-state index in [0.29, 0.717) is 23.1 Å². The summed E-state index contributed by atoms with van der Waals surface area (Å²) in [6.07, 6.45) is 6.14. The molecule has 1 saturated carbocycles. The molecule has 1 aliphatic carbocycles. The van der Waals surface area contributed by atoms with E-state index in [2.05, 4.69) is 10.3 Å². The van der Waals surface area contributed by atoms with Crippen molar-refractivity contribution in [2.75, 3.05) is 0 Å². The number of amides is 1. The molecule has 0 radical (unpaired) electrons. The highest BCUT2D eigenvalue weighted by Gasteiger charge is 2.20. The topological polar surface area (TPSA) is 55.1 Å². The standard InChI is InChI=1S/C19H18N2O2/c22-19(20-13-6-1-2-7-13)15-12-17(18-10-5-11-23-18)21-16-9-4-3-8-14(15)16/h3-5,8-13H,1-2,6-7H2,(H,20,22). The van der Waals surface area contributed by atoms with E-state index in [1.165, 1.54) is 12.8 Å². The van der Waals surface area contributed by atoms with Crippen molar-refractivity contribution in [1.82, 2.24) is 10.3 Å². The molecule has 4 rings (SSSR count). The van der Waals surface area contributed by atoms with E-state index in [9.17, 15) is 4.79 Å². The van der Waals surface area contributed by atoms with Crippen LogP contribution in [-0.4, -0.2) is 16.9 Å². The van der Waals surface area contributed by atoms with Gasteiger partial charge in [0.15, 0.2) is 5.76 Å². The summed E-state index contributed by atoms with van der Waals surface area (Å²) in [6.45, 7) is 0. The zero-order valence-electron chi connectivity index (χ0n) is 12.8. The molecule has 2 aromatic heterocycles. The van der Waals surface area contributed by atoms with Gasteiger partial charge in [-0.1, -0.05) is 31.0 Å². The summed E-state index contributed by atoms with van der Waals surface area (Å²) in [4.78, 5) is 17.4. The van der Waals surface area contributed by atoms with Crippen LogP contribution < -0.4 is 5.32 Å². The third kappa shape index (κ3) is 2.72. The fourth-order valence-electron chi connectivity index (χ4n) is 3.25. The van der Waals surface area contributed by atoms with Crippen molar-refractivity contribution in [2.24, 2.45) is 0 Å². The maximum absolute atomic E-state index is 12.8. The van der Waals surface area contributed by atoms with Gasteiger partial charge in [0.25, 0.3) is 5.91 Å². The average Bonchev–Trinajstić information content (AvgIpc) is 3.27. The number of furan rings is 1. The van der Waals surface area contributed by atoms with Gasteiger partial charge in [0.1, 0.15) is 5.69 Å². The monoisotopic (exact) mass is 306 g/mol. The van der Waals surface area contributed by atoms with Crippen molar-refractivity contribution in [3.8, 4) is 11.5 Å². The van der Waals surface area contributed by atoms with Crippen molar-refractivity contribution in [1.29, 1.82) is 0 Å². The minimum Gasteiger partial charge on any atom is -0.463 e. The van der Waals surface area contributed by atoms with Crippen LogP contribution in [-0.2, 0) is 0 Å². The maximum Gasteiger partial charge on any atom is 0.252 e. The van der Waals surface area contributed by atoms with Gasteiger partial charge in [0.05, 0.1) is 17.3 Å². The first kappa shape index (κ1) is 14.0. The van der Waals surface area contributed by atoms with Crippen LogP contribution in [0.3, 0.4) is 0 Å². The van der Waals surface area contributed by atoms with E-state index in [0.717, 1.165) is 23.7 Å². The molecule has 116 valence electrons. The van der Waals surface area contributed by atoms with E-state index in [1.807, 2.05) is 42.5 Å². The Morgan fingerprint density at radius 2 is 1.96 bits per heavy atom. The van der Waals surface area contributed by atoms with Gasteiger partial charge in [-0.05, 0) is 37.1 Å². The Balaban J connectivity index is 1.78. The summed E-state index contributed by atoms with van der Waals surface area (Å²) in [5, 5.41) is 4.04. The second-order valence-corrected chi connectivity index (χ2v) is 6.00. The fourth-order valence-corrected chi connectivity index (χ4v) is 3.25. The molecule has 4 nitrogen and oxygen atoms in total. The summed E-state index contributed by atoms with van der Waals surface area (Å²) in [5.41, 5.74) is 2.15. The van der Waals surface area contributed by atoms with E-state index in [1.54, 1.807) is 6.26 Å². The Morgan fingerprint density at radius 1 is 1.13 bits per heavy atom. The zero-order valence-corrected chi connectivity index (χ0v) is 12.8. The second-order valence-electron chi connectivity index (χ2n) is 6.00. The first-order chi connectivity index (χ1) is 11.3. The Morgan fingerprint density at radius 3 is 2.74 bits per heavy atom. The molecular weight excluding hydrogens is 288 g/mol. The van der Waals surface area contributed by atoms with Gasteiger partial charge in [0, 0.05) is 11.4 Å². The van der Waals surface area contributed by atoms with Crippen LogP contribution in [0.4, 0.5) is 0 Å². The zero-order chi connectivity index (χ0) is 15.6. The largest absolute Gasteiger partial charge is 0.463 e. The van der Waals surface area contributed by atoms with Gasteiger partial charge >= 0.3 is 0 Å². The van der Waals surface area contributed by atoms with Crippen molar-refractivity contribution < 1.29 is 9.21 Å². The maximum atomic E-state index is 12.8. The number of hydrogen-bond acceptors (Lipinski definition) is 3. The number of benzene rings is 1. The van der Waals surface area contributed by atoms with E-state index in [4.69, 9.17) is 4.42 Å². The molecule has 0 spiro atoms. The summed E-state index contributed by atoms with van der Waals surface area (Å²) in [6, 6.07) is 13.5. The van der Waals surface area contributed by atoms with Gasteiger partial charge in [0.2, 0.25) is 0 Å². The van der Waals surface area contributed by atoms with Crippen molar-refractivity contribution >= 4 is 16.8 Å². The molecule has 1 fully saturated rings. The van der Waals surface area contributed by atoms with Gasteiger partial charge in [-0.2, -0.15) is 0 Å². The molecule has 4 heteroatoms. The van der Waals surface area contributed by atoms with Crippen molar-refractivity contribution in [3.63, 3.8) is 0 Å². The lowest BCUT2D eigenvalue weighted by Crippen LogP contribution is -2.32. The van der Waals surface area contributed by atoms with Crippen LogP contribution in [0.1, 0.15) is 36.0 Å². The normalized spacial score (nSPS) is 15.1. The smallest absolute Gasteiger partial charge is 0.252 e. The molecule has 1 N–H and O–H groups in total. The fraction of sp³-hybridized carbons (Fsp3) is 0.263. The molecule has 0 unspecified atom stereocenters. The number of para-hydroxylation sites is 1. The number of nitrogens with zero attached hydrogens (tertiary/aromatic N) is 1. The average molecular weight is 306 g/mol. The molecule has 1 aliphatic rings. The van der Waals surface area contributed by atoms with Gasteiger partial charge < -0.3 is 9.73 Å². The second kappa shape index (κ2) is 5.88. The molecular formula is C19H18N2O2. The number of fused-ring (bicyclic) bond motifs is 1. The molecule has 1 aromatic carbocycles. The van der Waals surface area contributed by atoms with Crippen LogP contribution in [0.25, 0.3) is 22.4 Å². The number of rotatable bonds is 3. The van der Waals surface area contributed by atoms with Crippen LogP contribution in [0, 0.1) is 0 Å². The Kier molecular flexibility index (Phi) is 3.58. The third-order valence-corrected chi connectivity index (χ3v) is 4.42. The van der Waals surface area contributed by atoms with E-state index >= 15 is 0 Å². The highest BCUT2D eigenvalue weighted by atomic mass is 16.3. The number of carbonyl (C=O) groups is 1. The molecule has 0 bridgehead atoms. The molecule has 1 amide bonds. The lowest BCUT2D eigenvalue weighted by molar-refractivity contribution is 0.0939. The lowest BCUT2D eigenvalue weighted by atomic mass is 10.1. The molecule has 0 saturated heterocycles. The SMILES string of the molecule is O=C(NC1CCCC1)c1cc(-c2ccco2)nc2ccccc12. The van der Waals surface area contributed by atoms with Crippen LogP contribution >= 0.6 is 0 Å². The summed E-state index contributed by atoms with van der Waals surface area (Å²) >= 11 is 0. The summed E-state index contributed by atoms with van der Waals surface area (Å²) < 4.78 is 5.44. The van der Waals surface area contributed by atoms with Crippen LogP contribution in [0.2, 0.25) is 0 Å². The Hall–Kier alpha value is -2.62. The minimum atomic E-state index is -0.0247. The van der Waals surface area contributed by atoms with Gasteiger partial charge in [-0.3, -0.25) is 4.79 Å². The number of carbonyl (C=O) groups excluding carboxylic acids is 1. The Labute approximate surface area is 134 Å². The first-order valence-corrected chi connectivity index (χ1v) is 8.06. The highest BCUT2D eigenvalue weighted by Crippen LogP contribution is 2.26. The molecule has 3 aromatic rings. The molecule has 23 heavy (non-hydrogen) atoms. The Bertz CT molecular complexity index is 834. The molecule has 2 heterocycles. The van der Waals surface area contributed by atoms with E-state index < -0.39 is 0 Å².